The van der Waals surface area contributed by atoms with Gasteiger partial charge in [-0.25, -0.2) is 33.6 Å². The fraction of sp³-hybridized carbons (Fsp3) is 0.734. The van der Waals surface area contributed by atoms with Crippen molar-refractivity contribution in [2.24, 2.45) is 11.8 Å². The lowest BCUT2D eigenvalue weighted by atomic mass is 9.72. The Bertz CT molecular complexity index is 3560. The van der Waals surface area contributed by atoms with E-state index in [2.05, 4.69) is 60.3 Å². The number of rotatable bonds is 23. The van der Waals surface area contributed by atoms with E-state index in [9.17, 15) is 151 Å². The minimum atomic E-state index is -4.90. The van der Waals surface area contributed by atoms with Crippen molar-refractivity contribution in [2.75, 3.05) is 6.61 Å². The molecule has 10 atom stereocenters. The van der Waals surface area contributed by atoms with Crippen LogP contribution in [0.5, 0.6) is 0 Å². The van der Waals surface area contributed by atoms with Crippen LogP contribution < -0.4 is 0 Å². The molecule has 0 heterocycles. The van der Waals surface area contributed by atoms with Crippen LogP contribution in [0.25, 0.3) is 0 Å². The quantitative estimate of drug-likeness (QED) is 0.0216. The maximum atomic E-state index is 13.2. The number of alkyl halides is 21. The van der Waals surface area contributed by atoms with Crippen LogP contribution in [0.15, 0.2) is 85.1 Å². The molecule has 0 saturated heterocycles. The number of hydrogen-bond donors (Lipinski definition) is 7. The highest BCUT2D eigenvalue weighted by Crippen LogP contribution is 2.53. The molecule has 4 saturated carbocycles. The molecule has 4 fully saturated rings. The summed E-state index contributed by atoms with van der Waals surface area (Å²) in [7, 11) is 0. The zero-order chi connectivity index (χ0) is 97.1. The number of aliphatic hydroxyl groups is 7. The van der Waals surface area contributed by atoms with Crippen LogP contribution in [0, 0.1) is 11.8 Å². The lowest BCUT2D eigenvalue weighted by Crippen LogP contribution is -2.64. The molecular formula is C79H115F21O21. The topological polar surface area (TPSA) is 326 Å². The third-order valence-corrected chi connectivity index (χ3v) is 20.9. The van der Waals surface area contributed by atoms with Gasteiger partial charge in [0.25, 0.3) is 0 Å². The van der Waals surface area contributed by atoms with Gasteiger partial charge in [-0.3, -0.25) is 0 Å². The van der Waals surface area contributed by atoms with Crippen LogP contribution in [0.2, 0.25) is 0 Å². The van der Waals surface area contributed by atoms with E-state index in [1.165, 1.54) is 48.5 Å². The Balaban J connectivity index is -0.00000135. The van der Waals surface area contributed by atoms with E-state index in [4.69, 9.17) is 29.2 Å². The number of ether oxygens (including phenoxy) is 7. The summed E-state index contributed by atoms with van der Waals surface area (Å²) in [5.74, 6) is -7.52. The first-order chi connectivity index (χ1) is 53.5. The summed E-state index contributed by atoms with van der Waals surface area (Å²) >= 11 is 0. The van der Waals surface area contributed by atoms with E-state index >= 15 is 0 Å². The summed E-state index contributed by atoms with van der Waals surface area (Å²) in [5.41, 5.74) is -29.5. The molecule has 121 heavy (non-hydrogen) atoms. The average Bonchev–Trinajstić information content (AvgIpc) is 1.70. The molecule has 0 aromatic carbocycles. The minimum absolute atomic E-state index is 0.00146. The normalized spacial score (nSPS) is 20.3. The van der Waals surface area contributed by atoms with Gasteiger partial charge in [0.1, 0.15) is 41.2 Å². The Labute approximate surface area is 688 Å². The minimum Gasteiger partial charge on any atom is -0.459 e. The SMILES string of the molecule is C=C(C)C(=O)OC(C)(C)C(C)(O)C(F)(F)F.C=C(C)C(=O)OC(C)(C1CCCC1)C(C)(O)C(F)(F)F.C=C(C)C(=O)OC(C)C(C)(O)C(F)(F)F.C=C(C)C(=O)OC(C1CCCC1)C(C)(O)C(F)(F)F.C=C(C)C(=O)OC1(C(C)(O)C(F)(F)F)CCCC1.C=C(C)C(=O)OC1(C(C)(O)C(F)(F)F)CCCCC1.C=C(C)C(=O)OCC(C)(O)C(F)(F)F. The van der Waals surface area contributed by atoms with Gasteiger partial charge in [0.15, 0.2) is 39.2 Å². The Kier molecular flexibility index (Phi) is 42.4. The molecule has 0 bridgehead atoms. The summed E-state index contributed by atoms with van der Waals surface area (Å²) in [4.78, 5) is 79.0. The van der Waals surface area contributed by atoms with E-state index in [0.29, 0.717) is 99.8 Å². The zero-order valence-electron chi connectivity index (χ0n) is 70.8. The van der Waals surface area contributed by atoms with Gasteiger partial charge in [-0.1, -0.05) is 78.2 Å². The number of hydrogen-bond acceptors (Lipinski definition) is 21. The van der Waals surface area contributed by atoms with Gasteiger partial charge in [-0.05, 0) is 208 Å². The second-order valence-electron chi connectivity index (χ2n) is 32.2. The van der Waals surface area contributed by atoms with E-state index < -0.39 is 177 Å². The van der Waals surface area contributed by atoms with Crippen molar-refractivity contribution >= 4 is 41.8 Å². The lowest BCUT2D eigenvalue weighted by molar-refractivity contribution is -0.319. The van der Waals surface area contributed by atoms with Gasteiger partial charge < -0.3 is 68.9 Å². The highest BCUT2D eigenvalue weighted by molar-refractivity contribution is 5.90. The number of esters is 7. The molecule has 0 amide bonds. The van der Waals surface area contributed by atoms with Crippen molar-refractivity contribution in [3.8, 4) is 0 Å². The summed E-state index contributed by atoms with van der Waals surface area (Å²) in [6, 6.07) is 0. The zero-order valence-corrected chi connectivity index (χ0v) is 70.8. The van der Waals surface area contributed by atoms with Gasteiger partial charge in [0, 0.05) is 44.9 Å². The lowest BCUT2D eigenvalue weighted by Gasteiger charge is -2.47. The first-order valence-corrected chi connectivity index (χ1v) is 37.1. The highest BCUT2D eigenvalue weighted by atomic mass is 19.4. The van der Waals surface area contributed by atoms with E-state index in [-0.39, 0.29) is 64.7 Å². The smallest absolute Gasteiger partial charge is 0.420 e. The van der Waals surface area contributed by atoms with E-state index in [1.54, 1.807) is 0 Å². The molecule has 0 aliphatic heterocycles. The number of carbonyl (C=O) groups excluding carboxylic acids is 7. The first-order valence-electron chi connectivity index (χ1n) is 37.1. The van der Waals surface area contributed by atoms with Gasteiger partial charge >= 0.3 is 85.0 Å². The van der Waals surface area contributed by atoms with Gasteiger partial charge in [-0.15, -0.1) is 0 Å². The summed E-state index contributed by atoms with van der Waals surface area (Å²) in [5, 5.41) is 66.9. The van der Waals surface area contributed by atoms with Crippen LogP contribution >= 0.6 is 0 Å². The van der Waals surface area contributed by atoms with Crippen molar-refractivity contribution in [1.82, 2.24) is 0 Å². The van der Waals surface area contributed by atoms with Crippen molar-refractivity contribution in [1.29, 1.82) is 0 Å². The Morgan fingerprint density at radius 2 is 0.636 bits per heavy atom. The molecule has 4 aliphatic rings. The fourth-order valence-corrected chi connectivity index (χ4v) is 11.2. The predicted molar refractivity (Wildman–Crippen MR) is 395 cm³/mol. The maximum absolute atomic E-state index is 13.2. The van der Waals surface area contributed by atoms with Gasteiger partial charge in [-0.2, -0.15) is 92.2 Å². The third-order valence-electron chi connectivity index (χ3n) is 20.9. The predicted octanol–water partition coefficient (Wildman–Crippen LogP) is 17.6. The molecule has 4 aliphatic carbocycles. The molecule has 0 aromatic heterocycles. The molecule has 704 valence electrons. The van der Waals surface area contributed by atoms with Crippen LogP contribution in [0.1, 0.15) is 234 Å². The second kappa shape index (κ2) is 43.6. The van der Waals surface area contributed by atoms with Crippen LogP contribution in [0.3, 0.4) is 0 Å². The monoisotopic (exact) mass is 1800 g/mol. The Hall–Kier alpha value is -7.28. The average molecular weight is 1800 g/mol. The molecule has 10 unspecified atom stereocenters. The van der Waals surface area contributed by atoms with Crippen molar-refractivity contribution in [3.05, 3.63) is 85.1 Å². The standard InChI is InChI=1S/C14H21F3O3.2C13H19F3O3.C12H17F3O3.C10H15F3O3.C9H13F3O3.C8H11F3O3/c1-9(2)11(18)20-12(3,10-7-5-6-8-10)13(4,19)14(15,16)17;1-9(2)10(17)19-12(7-5-4-6-8-12)11(3,18)13(14,15)16;1-8(2)11(17)19-10(9-6-4-5-7-9)12(3,18)13(14,15)16;1-8(2)9(16)18-11(6-4-5-7-11)10(3,17)12(13,14)15;1-6(2)7(14)16-8(3,4)9(5,15)10(11,12)13;1-5(2)7(13)15-6(3)8(4,14)9(10,11)12;1-5(2)6(12)14-4-7(3,13)8(9,10)11/h10,19H,1,5-8H2,2-4H3;18H,1,4-8H2,2-3H3;9-10,18H,1,4-7H2,2-3H3;17H,1,4-7H2,2-3H3;15H,1H2,2-5H3;6,14H,1H2,2-4H3;13H,1,4H2,2-3H3. The molecular weight excluding hydrogens is 1680 g/mol. The molecule has 7 N–H and O–H groups in total. The number of halogens is 21. The molecule has 42 heteroatoms. The molecule has 4 rings (SSSR count). The van der Waals surface area contributed by atoms with Crippen molar-refractivity contribution in [2.45, 2.75) is 351 Å². The van der Waals surface area contributed by atoms with Crippen molar-refractivity contribution in [3.63, 3.8) is 0 Å². The second-order valence-corrected chi connectivity index (χ2v) is 32.2. The van der Waals surface area contributed by atoms with Crippen LogP contribution in [-0.2, 0) is 66.7 Å². The fourth-order valence-electron chi connectivity index (χ4n) is 11.2. The summed E-state index contributed by atoms with van der Waals surface area (Å²) < 4.78 is 300. The van der Waals surface area contributed by atoms with E-state index in [1.807, 2.05) is 0 Å². The maximum Gasteiger partial charge on any atom is 0.420 e. The van der Waals surface area contributed by atoms with Crippen molar-refractivity contribution < 1.29 is 195 Å². The van der Waals surface area contributed by atoms with E-state index in [0.717, 1.165) is 59.8 Å². The molecule has 0 spiro atoms. The highest BCUT2D eigenvalue weighted by Gasteiger charge is 2.69. The molecule has 0 aromatic rings. The van der Waals surface area contributed by atoms with Crippen LogP contribution in [-0.4, -0.2) is 201 Å². The van der Waals surface area contributed by atoms with Gasteiger partial charge in [0.2, 0.25) is 0 Å². The molecule has 21 nitrogen and oxygen atoms in total. The Morgan fingerprint density at radius 3 is 0.917 bits per heavy atom. The van der Waals surface area contributed by atoms with Gasteiger partial charge in [0.05, 0.1) is 0 Å². The third kappa shape index (κ3) is 31.7. The first kappa shape index (κ1) is 118. The Morgan fingerprint density at radius 1 is 0.347 bits per heavy atom. The number of carbonyl (C=O) groups is 7. The summed E-state index contributed by atoms with van der Waals surface area (Å²) in [6.45, 7) is 39.6. The molecule has 0 radical (unpaired) electrons. The summed E-state index contributed by atoms with van der Waals surface area (Å²) in [6.07, 6.45) is -29.5. The largest absolute Gasteiger partial charge is 0.459 e. The van der Waals surface area contributed by atoms with Crippen LogP contribution in [0.4, 0.5) is 92.2 Å².